The molecule has 1 heterocycles. The topological polar surface area (TPSA) is 99.5 Å². The van der Waals surface area contributed by atoms with Gasteiger partial charge in [0, 0.05) is 37.4 Å². The molecule has 32 heavy (non-hydrogen) atoms. The third kappa shape index (κ3) is 4.41. The fraction of sp³-hybridized carbons (Fsp3) is 0.600. The van der Waals surface area contributed by atoms with Gasteiger partial charge in [-0.15, -0.1) is 0 Å². The zero-order valence-corrected chi connectivity index (χ0v) is 19.9. The Kier molecular flexibility index (Phi) is 6.58. The number of benzene rings is 1. The minimum absolute atomic E-state index is 0.181. The van der Waals surface area contributed by atoms with Crippen molar-refractivity contribution < 1.29 is 9.47 Å². The summed E-state index contributed by atoms with van der Waals surface area (Å²) in [7, 11) is 2.12. The summed E-state index contributed by atoms with van der Waals surface area (Å²) in [6.07, 6.45) is 6.63. The van der Waals surface area contributed by atoms with E-state index in [-0.39, 0.29) is 11.5 Å². The minimum atomic E-state index is -0.181. The SMILES string of the molecule is CCOCCN(C)c1c(OC2CCC(N)CC2)ccc2c1CC(C)(C)c1c(N)ncnc1-2. The van der Waals surface area contributed by atoms with Crippen LogP contribution in [0.1, 0.15) is 57.6 Å². The van der Waals surface area contributed by atoms with Crippen molar-refractivity contribution in [2.24, 2.45) is 5.73 Å². The van der Waals surface area contributed by atoms with Gasteiger partial charge in [-0.25, -0.2) is 9.97 Å². The zero-order chi connectivity index (χ0) is 22.9. The van der Waals surface area contributed by atoms with E-state index in [4.69, 9.17) is 20.9 Å². The lowest BCUT2D eigenvalue weighted by Gasteiger charge is -2.37. The number of rotatable bonds is 7. The van der Waals surface area contributed by atoms with Crippen molar-refractivity contribution in [2.75, 3.05) is 37.4 Å². The molecule has 1 aromatic carbocycles. The van der Waals surface area contributed by atoms with E-state index in [1.807, 2.05) is 6.92 Å². The highest BCUT2D eigenvalue weighted by atomic mass is 16.5. The first-order chi connectivity index (χ1) is 15.3. The molecule has 0 radical (unpaired) electrons. The van der Waals surface area contributed by atoms with Gasteiger partial charge in [0.15, 0.2) is 0 Å². The van der Waals surface area contributed by atoms with E-state index in [0.717, 1.165) is 66.9 Å². The van der Waals surface area contributed by atoms with Crippen molar-refractivity contribution in [3.05, 3.63) is 29.6 Å². The lowest BCUT2D eigenvalue weighted by molar-refractivity contribution is 0.146. The van der Waals surface area contributed by atoms with E-state index >= 15 is 0 Å². The van der Waals surface area contributed by atoms with Crippen molar-refractivity contribution in [3.63, 3.8) is 0 Å². The van der Waals surface area contributed by atoms with Crippen LogP contribution in [-0.4, -0.2) is 48.9 Å². The summed E-state index contributed by atoms with van der Waals surface area (Å²) < 4.78 is 12.3. The summed E-state index contributed by atoms with van der Waals surface area (Å²) in [5.41, 5.74) is 17.7. The van der Waals surface area contributed by atoms with E-state index in [0.29, 0.717) is 25.1 Å². The average Bonchev–Trinajstić information content (AvgIpc) is 2.74. The third-order valence-corrected chi connectivity index (χ3v) is 6.84. The number of nitrogen functional groups attached to an aromatic ring is 1. The normalized spacial score (nSPS) is 21.5. The number of hydrogen-bond acceptors (Lipinski definition) is 7. The zero-order valence-electron chi connectivity index (χ0n) is 19.9. The van der Waals surface area contributed by atoms with Crippen molar-refractivity contribution in [1.29, 1.82) is 0 Å². The predicted molar refractivity (Wildman–Crippen MR) is 129 cm³/mol. The van der Waals surface area contributed by atoms with Gasteiger partial charge in [0.1, 0.15) is 17.9 Å². The van der Waals surface area contributed by atoms with Crippen LogP contribution in [0.15, 0.2) is 18.5 Å². The number of fused-ring (bicyclic) bond motifs is 3. The van der Waals surface area contributed by atoms with Crippen molar-refractivity contribution in [1.82, 2.24) is 9.97 Å². The quantitative estimate of drug-likeness (QED) is 0.635. The number of anilines is 2. The number of hydrogen-bond donors (Lipinski definition) is 2. The number of ether oxygens (including phenoxy) is 2. The third-order valence-electron chi connectivity index (χ3n) is 6.84. The molecule has 2 aliphatic rings. The van der Waals surface area contributed by atoms with Crippen LogP contribution in [0.4, 0.5) is 11.5 Å². The molecule has 4 rings (SSSR count). The largest absolute Gasteiger partial charge is 0.488 e. The van der Waals surface area contributed by atoms with Gasteiger partial charge in [-0.2, -0.15) is 0 Å². The Morgan fingerprint density at radius 3 is 2.62 bits per heavy atom. The molecular formula is C25H37N5O2. The van der Waals surface area contributed by atoms with Crippen LogP contribution in [0.2, 0.25) is 0 Å². The van der Waals surface area contributed by atoms with Gasteiger partial charge in [-0.3, -0.25) is 0 Å². The van der Waals surface area contributed by atoms with Gasteiger partial charge in [-0.1, -0.05) is 13.8 Å². The van der Waals surface area contributed by atoms with Gasteiger partial charge < -0.3 is 25.8 Å². The van der Waals surface area contributed by atoms with E-state index < -0.39 is 0 Å². The molecule has 1 saturated carbocycles. The number of aromatic nitrogens is 2. The van der Waals surface area contributed by atoms with Crippen LogP contribution >= 0.6 is 0 Å². The molecule has 0 spiro atoms. The van der Waals surface area contributed by atoms with Crippen LogP contribution in [0.25, 0.3) is 11.3 Å². The Morgan fingerprint density at radius 1 is 1.16 bits per heavy atom. The van der Waals surface area contributed by atoms with E-state index in [9.17, 15) is 0 Å². The highest BCUT2D eigenvalue weighted by Crippen LogP contribution is 2.49. The maximum absolute atomic E-state index is 6.61. The Labute approximate surface area is 191 Å². The monoisotopic (exact) mass is 439 g/mol. The Bertz CT molecular complexity index is 954. The molecule has 7 nitrogen and oxygen atoms in total. The summed E-state index contributed by atoms with van der Waals surface area (Å²) in [5, 5.41) is 0. The second-order valence-corrected chi connectivity index (χ2v) is 9.75. The highest BCUT2D eigenvalue weighted by molar-refractivity contribution is 5.83. The molecule has 2 aromatic rings. The summed E-state index contributed by atoms with van der Waals surface area (Å²) >= 11 is 0. The summed E-state index contributed by atoms with van der Waals surface area (Å²) in [4.78, 5) is 11.2. The molecule has 7 heteroatoms. The average molecular weight is 440 g/mol. The van der Waals surface area contributed by atoms with Gasteiger partial charge in [0.05, 0.1) is 24.1 Å². The standard InChI is InChI=1S/C25H37N5O2/c1-5-31-13-12-30(4)23-19-14-25(2,3)21-22(28-15-29-24(21)27)18(19)10-11-20(23)32-17-8-6-16(26)7-9-17/h10-11,15-17H,5-9,12-14,26H2,1-4H3,(H2,27,28,29). The van der Waals surface area contributed by atoms with Crippen LogP contribution < -0.4 is 21.1 Å². The van der Waals surface area contributed by atoms with Crippen LogP contribution in [0.3, 0.4) is 0 Å². The van der Waals surface area contributed by atoms with E-state index in [1.54, 1.807) is 6.33 Å². The molecule has 1 aromatic heterocycles. The lowest BCUT2D eigenvalue weighted by atomic mass is 9.71. The van der Waals surface area contributed by atoms with Gasteiger partial charge in [0.2, 0.25) is 0 Å². The minimum Gasteiger partial charge on any atom is -0.488 e. The molecule has 0 atom stereocenters. The summed E-state index contributed by atoms with van der Waals surface area (Å²) in [5.74, 6) is 1.50. The lowest BCUT2D eigenvalue weighted by Crippen LogP contribution is -2.33. The van der Waals surface area contributed by atoms with Crippen LogP contribution in [-0.2, 0) is 16.6 Å². The summed E-state index contributed by atoms with van der Waals surface area (Å²) in [6, 6.07) is 4.54. The predicted octanol–water partition coefficient (Wildman–Crippen LogP) is 3.68. The fourth-order valence-electron chi connectivity index (χ4n) is 5.17. The van der Waals surface area contributed by atoms with Crippen LogP contribution in [0.5, 0.6) is 5.75 Å². The molecule has 4 N–H and O–H groups in total. The molecule has 0 bridgehead atoms. The number of likely N-dealkylation sites (N-methyl/N-ethyl adjacent to an activating group) is 1. The molecule has 2 aliphatic carbocycles. The molecule has 0 aliphatic heterocycles. The molecular weight excluding hydrogens is 402 g/mol. The number of nitrogens with two attached hydrogens (primary N) is 2. The van der Waals surface area contributed by atoms with Gasteiger partial charge in [-0.05, 0) is 62.1 Å². The first-order valence-corrected chi connectivity index (χ1v) is 11.8. The molecule has 174 valence electrons. The number of nitrogens with zero attached hydrogens (tertiary/aromatic N) is 3. The maximum Gasteiger partial charge on any atom is 0.143 e. The first-order valence-electron chi connectivity index (χ1n) is 11.8. The highest BCUT2D eigenvalue weighted by Gasteiger charge is 2.37. The molecule has 0 amide bonds. The second kappa shape index (κ2) is 9.24. The van der Waals surface area contributed by atoms with Crippen molar-refractivity contribution >= 4 is 11.5 Å². The van der Waals surface area contributed by atoms with E-state index in [1.165, 1.54) is 5.56 Å². The van der Waals surface area contributed by atoms with Gasteiger partial charge in [0.25, 0.3) is 0 Å². The smallest absolute Gasteiger partial charge is 0.143 e. The fourth-order valence-corrected chi connectivity index (χ4v) is 5.17. The maximum atomic E-state index is 6.61. The molecule has 1 fully saturated rings. The van der Waals surface area contributed by atoms with Crippen LogP contribution in [0, 0.1) is 0 Å². The van der Waals surface area contributed by atoms with Gasteiger partial charge >= 0.3 is 0 Å². The Balaban J connectivity index is 1.78. The van der Waals surface area contributed by atoms with E-state index in [2.05, 4.69) is 47.9 Å². The Morgan fingerprint density at radius 2 is 1.91 bits per heavy atom. The summed E-state index contributed by atoms with van der Waals surface area (Å²) in [6.45, 7) is 8.63. The van der Waals surface area contributed by atoms with Crippen molar-refractivity contribution in [2.45, 2.75) is 70.4 Å². The Hall–Kier alpha value is -2.38. The molecule has 0 unspecified atom stereocenters. The molecule has 0 saturated heterocycles. The first kappa shape index (κ1) is 22.8. The van der Waals surface area contributed by atoms with Crippen molar-refractivity contribution in [3.8, 4) is 17.0 Å². The second-order valence-electron chi connectivity index (χ2n) is 9.75.